The minimum absolute atomic E-state index is 0.00372. The van der Waals surface area contributed by atoms with Crippen molar-refractivity contribution in [3.63, 3.8) is 0 Å². The van der Waals surface area contributed by atoms with Crippen LogP contribution in [0.25, 0.3) is 11.1 Å². The molecule has 3 aliphatic rings. The number of benzene rings is 2. The number of carbonyl (C=O) groups is 3. The van der Waals surface area contributed by atoms with Gasteiger partial charge in [-0.25, -0.2) is 9.59 Å². The van der Waals surface area contributed by atoms with Crippen LogP contribution in [0.5, 0.6) is 0 Å². The molecule has 1 heterocycles. The first kappa shape index (κ1) is 20.9. The summed E-state index contributed by atoms with van der Waals surface area (Å²) in [6.07, 6.45) is 0.167. The van der Waals surface area contributed by atoms with Crippen LogP contribution in [0.2, 0.25) is 0 Å². The monoisotopic (exact) mass is 452 g/mol. The Balaban J connectivity index is 1.12. The first-order valence-corrected chi connectivity index (χ1v) is 11.9. The molecule has 0 aromatic heterocycles. The maximum Gasteiger partial charge on any atom is 0.407 e. The second kappa shape index (κ2) is 8.50. The van der Waals surface area contributed by atoms with Crippen molar-refractivity contribution in [3.05, 3.63) is 59.7 Å². The Hall–Kier alpha value is -3.00. The van der Waals surface area contributed by atoms with Crippen LogP contribution in [0, 0.1) is 11.8 Å². The van der Waals surface area contributed by atoms with E-state index in [0.717, 1.165) is 11.1 Å². The lowest BCUT2D eigenvalue weighted by molar-refractivity contribution is -0.148. The molecule has 2 aliphatic carbocycles. The average Bonchev–Trinajstić information content (AvgIpc) is 3.27. The number of fused-ring (bicyclic) bond motifs is 3. The Morgan fingerprint density at radius 2 is 1.72 bits per heavy atom. The van der Waals surface area contributed by atoms with Gasteiger partial charge in [0.2, 0.25) is 5.91 Å². The van der Waals surface area contributed by atoms with Crippen molar-refractivity contribution in [3.8, 4) is 11.1 Å². The summed E-state index contributed by atoms with van der Waals surface area (Å²) >= 11 is 1.46. The lowest BCUT2D eigenvalue weighted by Gasteiger charge is -2.20. The van der Waals surface area contributed by atoms with Crippen molar-refractivity contribution in [1.29, 1.82) is 0 Å². The molecular formula is C24H24N2O5S. The van der Waals surface area contributed by atoms with Crippen LogP contribution in [-0.2, 0) is 14.3 Å². The fourth-order valence-electron chi connectivity index (χ4n) is 4.72. The standard InChI is InChI=1S/C24H24N2O5S/c27-22(26-13-32-12-21(26)23(28)29)19-9-14(19)10-25-24(30)31-11-20-17-7-3-1-5-15(17)16-6-2-4-8-18(16)20/h1-8,14,19-21H,9-13H2,(H,25,30)(H,28,29)/t14-,19-,21+/m1/s1. The third-order valence-corrected chi connectivity index (χ3v) is 7.55. The molecule has 2 fully saturated rings. The van der Waals surface area contributed by atoms with Gasteiger partial charge in [-0.05, 0) is 34.6 Å². The molecule has 0 bridgehead atoms. The average molecular weight is 453 g/mol. The van der Waals surface area contributed by atoms with Gasteiger partial charge in [-0.3, -0.25) is 4.79 Å². The van der Waals surface area contributed by atoms with Gasteiger partial charge in [0.15, 0.2) is 0 Å². The van der Waals surface area contributed by atoms with Crippen molar-refractivity contribution < 1.29 is 24.2 Å². The van der Waals surface area contributed by atoms with Gasteiger partial charge in [-0.2, -0.15) is 0 Å². The van der Waals surface area contributed by atoms with Gasteiger partial charge in [-0.15, -0.1) is 11.8 Å². The number of thioether (sulfide) groups is 1. The van der Waals surface area contributed by atoms with Crippen LogP contribution < -0.4 is 5.32 Å². The number of nitrogens with zero attached hydrogens (tertiary/aromatic N) is 1. The molecule has 0 unspecified atom stereocenters. The Bertz CT molecular complexity index is 1030. The minimum Gasteiger partial charge on any atom is -0.480 e. The highest BCUT2D eigenvalue weighted by atomic mass is 32.2. The zero-order valence-corrected chi connectivity index (χ0v) is 18.2. The Labute approximate surface area is 190 Å². The largest absolute Gasteiger partial charge is 0.480 e. The zero-order valence-electron chi connectivity index (χ0n) is 17.4. The molecular weight excluding hydrogens is 428 g/mol. The van der Waals surface area contributed by atoms with E-state index in [0.29, 0.717) is 24.6 Å². The number of amides is 2. The number of carboxylic acid groups (broad SMARTS) is 1. The highest BCUT2D eigenvalue weighted by Crippen LogP contribution is 2.44. The van der Waals surface area contributed by atoms with Crippen LogP contribution in [0.4, 0.5) is 4.79 Å². The van der Waals surface area contributed by atoms with E-state index in [9.17, 15) is 19.5 Å². The van der Waals surface area contributed by atoms with E-state index in [1.165, 1.54) is 27.8 Å². The topological polar surface area (TPSA) is 95.9 Å². The first-order valence-electron chi connectivity index (χ1n) is 10.7. The predicted octanol–water partition coefficient (Wildman–Crippen LogP) is 3.15. The van der Waals surface area contributed by atoms with E-state index in [2.05, 4.69) is 29.6 Å². The molecule has 7 nitrogen and oxygen atoms in total. The van der Waals surface area contributed by atoms with E-state index in [1.54, 1.807) is 0 Å². The maximum absolute atomic E-state index is 12.6. The number of hydrogen-bond acceptors (Lipinski definition) is 5. The van der Waals surface area contributed by atoms with Gasteiger partial charge in [0, 0.05) is 24.1 Å². The summed E-state index contributed by atoms with van der Waals surface area (Å²) < 4.78 is 5.54. The normalized spacial score (nSPS) is 23.4. The molecule has 2 amide bonds. The summed E-state index contributed by atoms with van der Waals surface area (Å²) in [6, 6.07) is 15.6. The van der Waals surface area contributed by atoms with Crippen molar-refractivity contribution in [2.75, 3.05) is 24.8 Å². The summed E-state index contributed by atoms with van der Waals surface area (Å²) in [4.78, 5) is 37.7. The number of carboxylic acids is 1. The van der Waals surface area contributed by atoms with E-state index in [1.807, 2.05) is 24.3 Å². The summed E-state index contributed by atoms with van der Waals surface area (Å²) in [5.41, 5.74) is 4.67. The quantitative estimate of drug-likeness (QED) is 0.699. The molecule has 2 aromatic carbocycles. The lowest BCUT2D eigenvalue weighted by Crippen LogP contribution is -2.43. The van der Waals surface area contributed by atoms with Crippen molar-refractivity contribution in [2.24, 2.45) is 11.8 Å². The van der Waals surface area contributed by atoms with Gasteiger partial charge in [-0.1, -0.05) is 48.5 Å². The maximum atomic E-state index is 12.6. The van der Waals surface area contributed by atoms with Gasteiger partial charge >= 0.3 is 12.1 Å². The summed E-state index contributed by atoms with van der Waals surface area (Å²) in [7, 11) is 0. The van der Waals surface area contributed by atoms with Gasteiger partial charge in [0.05, 0.1) is 5.88 Å². The number of alkyl carbamates (subject to hydrolysis) is 1. The Morgan fingerprint density at radius 3 is 2.38 bits per heavy atom. The van der Waals surface area contributed by atoms with Crippen LogP contribution >= 0.6 is 11.8 Å². The molecule has 0 radical (unpaired) electrons. The number of nitrogens with one attached hydrogen (secondary N) is 1. The van der Waals surface area contributed by atoms with Crippen LogP contribution in [0.15, 0.2) is 48.5 Å². The highest BCUT2D eigenvalue weighted by Gasteiger charge is 2.48. The Morgan fingerprint density at radius 1 is 1.06 bits per heavy atom. The molecule has 1 saturated heterocycles. The number of hydrogen-bond donors (Lipinski definition) is 2. The van der Waals surface area contributed by atoms with E-state index >= 15 is 0 Å². The second-order valence-corrected chi connectivity index (χ2v) is 9.47. The minimum atomic E-state index is -0.961. The summed E-state index contributed by atoms with van der Waals surface area (Å²) in [5.74, 6) is -0.425. The molecule has 3 atom stereocenters. The molecule has 2 aromatic rings. The van der Waals surface area contributed by atoms with Crippen molar-refractivity contribution >= 4 is 29.7 Å². The van der Waals surface area contributed by atoms with Gasteiger partial charge in [0.25, 0.3) is 0 Å². The van der Waals surface area contributed by atoms with Crippen molar-refractivity contribution in [2.45, 2.75) is 18.4 Å². The number of ether oxygens (including phenoxy) is 1. The fourth-order valence-corrected chi connectivity index (χ4v) is 5.87. The molecule has 32 heavy (non-hydrogen) atoms. The number of rotatable bonds is 6. The molecule has 166 valence electrons. The van der Waals surface area contributed by atoms with E-state index in [4.69, 9.17) is 4.74 Å². The molecule has 0 spiro atoms. The second-order valence-electron chi connectivity index (χ2n) is 8.47. The predicted molar refractivity (Wildman–Crippen MR) is 120 cm³/mol. The van der Waals surface area contributed by atoms with Crippen LogP contribution in [0.3, 0.4) is 0 Å². The Kier molecular flexibility index (Phi) is 5.55. The SMILES string of the molecule is O=C(NC[C@H]1C[C@H]1C(=O)N1CSC[C@H]1C(=O)O)OCC1c2ccccc2-c2ccccc21. The fraction of sp³-hybridized carbons (Fsp3) is 0.375. The van der Waals surface area contributed by atoms with Crippen LogP contribution in [0.1, 0.15) is 23.5 Å². The van der Waals surface area contributed by atoms with E-state index in [-0.39, 0.29) is 30.3 Å². The molecule has 1 aliphatic heterocycles. The van der Waals surface area contributed by atoms with Gasteiger partial charge in [0.1, 0.15) is 12.6 Å². The summed E-state index contributed by atoms with van der Waals surface area (Å²) in [6.45, 7) is 0.601. The third-order valence-electron chi connectivity index (χ3n) is 6.54. The van der Waals surface area contributed by atoms with Crippen molar-refractivity contribution in [1.82, 2.24) is 10.2 Å². The summed E-state index contributed by atoms with van der Waals surface area (Å²) in [5, 5.41) is 12.0. The molecule has 5 rings (SSSR count). The van der Waals surface area contributed by atoms with Gasteiger partial charge < -0.3 is 20.1 Å². The zero-order chi connectivity index (χ0) is 22.2. The third kappa shape index (κ3) is 3.83. The lowest BCUT2D eigenvalue weighted by atomic mass is 9.98. The highest BCUT2D eigenvalue weighted by molar-refractivity contribution is 7.99. The number of carbonyl (C=O) groups excluding carboxylic acids is 2. The number of aliphatic carboxylic acids is 1. The molecule has 1 saturated carbocycles. The van der Waals surface area contributed by atoms with E-state index < -0.39 is 18.1 Å². The molecule has 2 N–H and O–H groups in total. The molecule has 8 heteroatoms. The first-order chi connectivity index (χ1) is 15.5. The smallest absolute Gasteiger partial charge is 0.407 e. The van der Waals surface area contributed by atoms with Crippen LogP contribution in [-0.4, -0.2) is 58.8 Å².